The Morgan fingerprint density at radius 2 is 1.40 bits per heavy atom. The Labute approximate surface area is 330 Å². The molecule has 0 bridgehead atoms. The van der Waals surface area contributed by atoms with Crippen LogP contribution in [0.3, 0.4) is 0 Å². The van der Waals surface area contributed by atoms with Crippen LogP contribution in [0.5, 0.6) is 0 Å². The average molecular weight is 769 g/mol. The maximum atomic E-state index is 13.7. The summed E-state index contributed by atoms with van der Waals surface area (Å²) >= 11 is 0. The van der Waals surface area contributed by atoms with Gasteiger partial charge in [-0.15, -0.1) is 0 Å². The first kappa shape index (κ1) is 40.1. The maximum Gasteiger partial charge on any atom is 0.243 e. The molecule has 8 rings (SSSR count). The number of hydrogen-bond donors (Lipinski definition) is 2. The molecule has 2 fully saturated rings. The van der Waals surface area contributed by atoms with Gasteiger partial charge < -0.3 is 19.7 Å². The lowest BCUT2D eigenvalue weighted by Crippen LogP contribution is -3.18. The van der Waals surface area contributed by atoms with Crippen molar-refractivity contribution in [2.45, 2.75) is 68.3 Å². The van der Waals surface area contributed by atoms with Crippen LogP contribution in [0.25, 0.3) is 10.8 Å². The molecule has 2 aliphatic heterocycles. The number of piperidine rings is 2. The number of methoxy groups -OCH3 is 2. The molecule has 4 aromatic carbocycles. The fraction of sp³-hybridized carbons (Fsp3) is 0.522. The second-order valence-electron chi connectivity index (χ2n) is 16.5. The molecule has 8 nitrogen and oxygen atoms in total. The Morgan fingerprint density at radius 1 is 0.764 bits per heavy atom. The fourth-order valence-corrected chi connectivity index (χ4v) is 11.3. The van der Waals surface area contributed by atoms with Crippen molar-refractivity contribution in [2.24, 2.45) is 11.8 Å². The number of nitrogens with one attached hydrogen (secondary N) is 1. The molecule has 4 aromatic rings. The summed E-state index contributed by atoms with van der Waals surface area (Å²) in [6.07, 6.45) is 9.81. The van der Waals surface area contributed by atoms with Gasteiger partial charge >= 0.3 is 0 Å². The van der Waals surface area contributed by atoms with Crippen LogP contribution in [0.15, 0.2) is 95.9 Å². The van der Waals surface area contributed by atoms with Crippen molar-refractivity contribution >= 4 is 20.8 Å². The smallest absolute Gasteiger partial charge is 0.243 e. The number of fused-ring (bicyclic) bond motifs is 3. The third kappa shape index (κ3) is 10.2. The lowest BCUT2D eigenvalue weighted by Gasteiger charge is -2.38. The topological polar surface area (TPSA) is 80.1 Å². The van der Waals surface area contributed by atoms with Crippen LogP contribution in [0, 0.1) is 11.8 Å². The first-order chi connectivity index (χ1) is 26.9. The van der Waals surface area contributed by atoms with Gasteiger partial charge in [-0.05, 0) is 96.1 Å². The van der Waals surface area contributed by atoms with Crippen molar-refractivity contribution < 1.29 is 28.1 Å². The van der Waals surface area contributed by atoms with Gasteiger partial charge in [0.2, 0.25) is 10.0 Å². The zero-order chi connectivity index (χ0) is 38.0. The van der Waals surface area contributed by atoms with E-state index in [4.69, 9.17) is 9.47 Å². The summed E-state index contributed by atoms with van der Waals surface area (Å²) in [4.78, 5) is 4.83. The molecule has 9 heteroatoms. The molecule has 2 saturated heterocycles. The summed E-state index contributed by atoms with van der Waals surface area (Å²) in [5.41, 5.74) is 6.14. The molecule has 3 atom stereocenters. The van der Waals surface area contributed by atoms with Gasteiger partial charge in [-0.3, -0.25) is 4.90 Å². The summed E-state index contributed by atoms with van der Waals surface area (Å²) in [5, 5.41) is 4.44. The highest BCUT2D eigenvalue weighted by Crippen LogP contribution is 2.30. The van der Waals surface area contributed by atoms with E-state index in [1.54, 1.807) is 41.8 Å². The first-order valence-electron chi connectivity index (χ1n) is 20.9. The molecular weight excluding hydrogens is 705 g/mol. The second-order valence-corrected chi connectivity index (χ2v) is 18.4. The quantitative estimate of drug-likeness (QED) is 0.190. The van der Waals surface area contributed by atoms with E-state index in [9.17, 15) is 8.42 Å². The van der Waals surface area contributed by atoms with Gasteiger partial charge in [0.25, 0.3) is 0 Å². The number of nitrogens with zero attached hydrogens (tertiary/aromatic N) is 2. The van der Waals surface area contributed by atoms with Crippen LogP contribution < -0.4 is 10.2 Å². The zero-order valence-corrected chi connectivity index (χ0v) is 34.0. The highest BCUT2D eigenvalue weighted by Gasteiger charge is 2.35. The highest BCUT2D eigenvalue weighted by atomic mass is 32.2. The molecule has 0 saturated carbocycles. The fourth-order valence-electron chi connectivity index (χ4n) is 9.81. The Bertz CT molecular complexity index is 1890. The van der Waals surface area contributed by atoms with Crippen molar-refractivity contribution in [3.63, 3.8) is 0 Å². The van der Waals surface area contributed by atoms with Crippen molar-refractivity contribution in [2.75, 3.05) is 79.8 Å². The number of nitrogens with two attached hydrogens (primary N) is 1. The van der Waals surface area contributed by atoms with Crippen molar-refractivity contribution in [1.82, 2.24) is 9.21 Å². The van der Waals surface area contributed by atoms with E-state index in [0.717, 1.165) is 74.7 Å². The third-order valence-electron chi connectivity index (χ3n) is 12.8. The van der Waals surface area contributed by atoms with Gasteiger partial charge in [0.05, 0.1) is 56.2 Å². The van der Waals surface area contributed by atoms with E-state index in [2.05, 4.69) is 58.7 Å². The second kappa shape index (κ2) is 19.3. The highest BCUT2D eigenvalue weighted by molar-refractivity contribution is 7.89. The van der Waals surface area contributed by atoms with E-state index in [1.807, 2.05) is 35.2 Å². The number of ether oxygens (including phenoxy) is 2. The lowest BCUT2D eigenvalue weighted by molar-refractivity contribution is -0.934. The minimum absolute atomic E-state index is 0.324. The minimum atomic E-state index is -3.61. The summed E-state index contributed by atoms with van der Waals surface area (Å²) in [7, 11) is -0.194. The van der Waals surface area contributed by atoms with E-state index >= 15 is 0 Å². The molecule has 2 heterocycles. The predicted molar refractivity (Wildman–Crippen MR) is 221 cm³/mol. The average Bonchev–Trinajstić information content (AvgIpc) is 3.87. The molecule has 0 aromatic heterocycles. The number of rotatable bonds is 14. The van der Waals surface area contributed by atoms with E-state index < -0.39 is 10.0 Å². The number of likely N-dealkylation sites (tertiary alicyclic amines) is 2. The number of hydrogen-bond acceptors (Lipinski definition) is 5. The lowest BCUT2D eigenvalue weighted by atomic mass is 9.96. The Balaban J connectivity index is 0.000000190. The monoisotopic (exact) mass is 768 g/mol. The van der Waals surface area contributed by atoms with Gasteiger partial charge in [0, 0.05) is 52.7 Å². The number of benzene rings is 4. The molecule has 296 valence electrons. The summed E-state index contributed by atoms with van der Waals surface area (Å²) in [6.45, 7) is 9.38. The van der Waals surface area contributed by atoms with Crippen LogP contribution >= 0.6 is 0 Å². The largest absolute Gasteiger partial charge is 0.383 e. The van der Waals surface area contributed by atoms with E-state index in [1.165, 1.54) is 56.4 Å². The van der Waals surface area contributed by atoms with Gasteiger partial charge in [0.1, 0.15) is 0 Å². The SMILES string of the molecule is COCCN(CC1CCCN(C2Cc3ccccc3C2)C1)S(=O)(=O)c1ccc2ccccc2c1.COCC[NH2+]CC1CCC[NH+](C2Cc3ccccc3C2)C1. The van der Waals surface area contributed by atoms with Crippen LogP contribution in [0.4, 0.5) is 0 Å². The Morgan fingerprint density at radius 3 is 2.09 bits per heavy atom. The summed E-state index contributed by atoms with van der Waals surface area (Å²) < 4.78 is 39.5. The number of quaternary nitrogens is 2. The van der Waals surface area contributed by atoms with Crippen LogP contribution in [0.1, 0.15) is 47.9 Å². The molecule has 3 N–H and O–H groups in total. The van der Waals surface area contributed by atoms with Gasteiger partial charge in [-0.2, -0.15) is 4.31 Å². The normalized spacial score (nSPS) is 22.1. The molecule has 0 amide bonds. The summed E-state index contributed by atoms with van der Waals surface area (Å²) in [5.74, 6) is 1.22. The first-order valence-corrected chi connectivity index (χ1v) is 22.4. The number of sulfonamides is 1. The third-order valence-corrected chi connectivity index (χ3v) is 14.6. The van der Waals surface area contributed by atoms with Gasteiger partial charge in [0.15, 0.2) is 0 Å². The molecule has 4 aliphatic rings. The van der Waals surface area contributed by atoms with Crippen LogP contribution in [-0.2, 0) is 45.2 Å². The molecule has 0 radical (unpaired) electrons. The molecular formula is C46H64N4O4S+2. The standard InChI is InChI=1S/C28H34N2O3S.C18H28N2O/c1-33-16-15-30(34(31,32)28-13-12-23-8-2-3-11-26(23)19-28)21-22-7-6-14-29(20-22)27-17-24-9-4-5-10-25(24)18-27;1-21-10-8-19-13-15-5-4-9-20(14-15)18-11-16-6-2-3-7-17(16)12-18/h2-5,8-13,19,22,27H,6-7,14-18,20-21H2,1H3;2-3,6-7,15,18-19H,4-5,8-14H2,1H3/p+2. The van der Waals surface area contributed by atoms with Crippen LogP contribution in [-0.4, -0.2) is 109 Å². The van der Waals surface area contributed by atoms with Gasteiger partial charge in [-0.1, -0.05) is 78.9 Å². The Hall–Kier alpha value is -3.15. The maximum absolute atomic E-state index is 13.7. The van der Waals surface area contributed by atoms with Crippen molar-refractivity contribution in [1.29, 1.82) is 0 Å². The van der Waals surface area contributed by atoms with E-state index in [-0.39, 0.29) is 0 Å². The summed E-state index contributed by atoms with van der Waals surface area (Å²) in [6, 6.07) is 32.5. The molecule has 55 heavy (non-hydrogen) atoms. The molecule has 0 spiro atoms. The predicted octanol–water partition coefficient (Wildman–Crippen LogP) is 4.01. The minimum Gasteiger partial charge on any atom is -0.383 e. The zero-order valence-electron chi connectivity index (χ0n) is 33.2. The Kier molecular flexibility index (Phi) is 14.1. The van der Waals surface area contributed by atoms with Gasteiger partial charge in [-0.25, -0.2) is 8.42 Å². The van der Waals surface area contributed by atoms with Crippen molar-refractivity contribution in [3.05, 3.63) is 113 Å². The molecule has 3 unspecified atom stereocenters. The van der Waals surface area contributed by atoms with Crippen LogP contribution in [0.2, 0.25) is 0 Å². The molecule has 2 aliphatic carbocycles. The van der Waals surface area contributed by atoms with Crippen molar-refractivity contribution in [3.8, 4) is 0 Å². The van der Waals surface area contributed by atoms with E-state index in [0.29, 0.717) is 36.6 Å².